The lowest BCUT2D eigenvalue weighted by atomic mass is 10.2. The van der Waals surface area contributed by atoms with Gasteiger partial charge in [-0.3, -0.25) is 4.68 Å². The van der Waals surface area contributed by atoms with Crippen LogP contribution in [-0.2, 0) is 20.1 Å². The summed E-state index contributed by atoms with van der Waals surface area (Å²) in [6.07, 6.45) is 2.93. The number of benzene rings is 1. The van der Waals surface area contributed by atoms with Gasteiger partial charge in [0.2, 0.25) is 0 Å². The summed E-state index contributed by atoms with van der Waals surface area (Å²) < 4.78 is 1.80. The van der Waals surface area contributed by atoms with E-state index in [1.807, 2.05) is 7.05 Å². The molecule has 20 heavy (non-hydrogen) atoms. The number of aromatic nitrogens is 3. The van der Waals surface area contributed by atoms with Gasteiger partial charge in [0, 0.05) is 20.1 Å². The van der Waals surface area contributed by atoms with E-state index in [2.05, 4.69) is 57.9 Å². The summed E-state index contributed by atoms with van der Waals surface area (Å²) >= 11 is 0. The summed E-state index contributed by atoms with van der Waals surface area (Å²) in [5.41, 5.74) is 2.48. The molecule has 0 aliphatic rings. The van der Waals surface area contributed by atoms with Gasteiger partial charge < -0.3 is 10.2 Å². The van der Waals surface area contributed by atoms with Gasteiger partial charge in [0.15, 0.2) is 0 Å². The van der Waals surface area contributed by atoms with Gasteiger partial charge in [0.1, 0.15) is 0 Å². The summed E-state index contributed by atoms with van der Waals surface area (Å²) in [5.74, 6) is 0. The molecule has 0 atom stereocenters. The molecule has 2 aromatic rings. The van der Waals surface area contributed by atoms with Crippen LogP contribution in [-0.4, -0.2) is 40.0 Å². The highest BCUT2D eigenvalue weighted by molar-refractivity contribution is 5.14. The van der Waals surface area contributed by atoms with E-state index in [1.54, 1.807) is 10.9 Å². The quantitative estimate of drug-likeness (QED) is 0.739. The molecular formula is C15H23N5. The molecule has 2 rings (SSSR count). The largest absolute Gasteiger partial charge is 0.311 e. The molecule has 0 saturated heterocycles. The summed E-state index contributed by atoms with van der Waals surface area (Å²) in [6.45, 7) is 3.92. The molecule has 0 bridgehead atoms. The van der Waals surface area contributed by atoms with Crippen molar-refractivity contribution in [2.75, 3.05) is 20.1 Å². The van der Waals surface area contributed by atoms with Gasteiger partial charge >= 0.3 is 0 Å². The third kappa shape index (κ3) is 4.75. The van der Waals surface area contributed by atoms with Crippen LogP contribution in [0.3, 0.4) is 0 Å². The van der Waals surface area contributed by atoms with Crippen molar-refractivity contribution in [1.29, 1.82) is 0 Å². The summed E-state index contributed by atoms with van der Waals surface area (Å²) in [7, 11) is 4.08. The Morgan fingerprint density at radius 2 is 2.05 bits per heavy atom. The normalized spacial score (nSPS) is 11.2. The van der Waals surface area contributed by atoms with E-state index in [0.717, 1.165) is 38.3 Å². The SMILES string of the molecule is CN(CCCNCc1cnnn1C)Cc1ccccc1. The lowest BCUT2D eigenvalue weighted by molar-refractivity contribution is 0.319. The predicted molar refractivity (Wildman–Crippen MR) is 80.1 cm³/mol. The summed E-state index contributed by atoms with van der Waals surface area (Å²) in [5, 5.41) is 11.2. The minimum Gasteiger partial charge on any atom is -0.311 e. The molecular weight excluding hydrogens is 250 g/mol. The predicted octanol–water partition coefficient (Wildman–Crippen LogP) is 1.43. The monoisotopic (exact) mass is 273 g/mol. The number of nitrogens with one attached hydrogen (secondary N) is 1. The van der Waals surface area contributed by atoms with E-state index in [-0.39, 0.29) is 0 Å². The zero-order valence-corrected chi connectivity index (χ0v) is 12.3. The minimum absolute atomic E-state index is 0.825. The minimum atomic E-state index is 0.825. The van der Waals surface area contributed by atoms with E-state index >= 15 is 0 Å². The van der Waals surface area contributed by atoms with E-state index in [9.17, 15) is 0 Å². The fraction of sp³-hybridized carbons (Fsp3) is 0.467. The van der Waals surface area contributed by atoms with Crippen molar-refractivity contribution < 1.29 is 0 Å². The van der Waals surface area contributed by atoms with Crippen LogP contribution in [0.2, 0.25) is 0 Å². The molecule has 5 nitrogen and oxygen atoms in total. The Hall–Kier alpha value is -1.72. The third-order valence-electron chi connectivity index (χ3n) is 3.30. The van der Waals surface area contributed by atoms with Crippen molar-refractivity contribution in [2.24, 2.45) is 7.05 Å². The van der Waals surface area contributed by atoms with Gasteiger partial charge in [-0.25, -0.2) is 0 Å². The highest BCUT2D eigenvalue weighted by atomic mass is 15.4. The van der Waals surface area contributed by atoms with Crippen LogP contribution in [0.5, 0.6) is 0 Å². The van der Waals surface area contributed by atoms with Gasteiger partial charge in [-0.1, -0.05) is 35.5 Å². The molecule has 1 aromatic heterocycles. The summed E-state index contributed by atoms with van der Waals surface area (Å²) in [6, 6.07) is 10.6. The Balaban J connectivity index is 1.58. The first-order valence-corrected chi connectivity index (χ1v) is 7.02. The van der Waals surface area contributed by atoms with Crippen LogP contribution in [0.25, 0.3) is 0 Å². The zero-order chi connectivity index (χ0) is 14.2. The summed E-state index contributed by atoms with van der Waals surface area (Å²) in [4.78, 5) is 2.35. The lowest BCUT2D eigenvalue weighted by Gasteiger charge is -2.16. The van der Waals surface area contributed by atoms with Crippen LogP contribution in [0.4, 0.5) is 0 Å². The highest BCUT2D eigenvalue weighted by Gasteiger charge is 2.01. The van der Waals surface area contributed by atoms with Crippen LogP contribution in [0, 0.1) is 0 Å². The maximum Gasteiger partial charge on any atom is 0.0738 e. The Kier molecular flexibility index (Phi) is 5.70. The Morgan fingerprint density at radius 1 is 1.25 bits per heavy atom. The molecule has 0 unspecified atom stereocenters. The van der Waals surface area contributed by atoms with Gasteiger partial charge in [-0.15, -0.1) is 5.10 Å². The first kappa shape index (κ1) is 14.7. The molecule has 5 heteroatoms. The average molecular weight is 273 g/mol. The van der Waals surface area contributed by atoms with Gasteiger partial charge in [0.05, 0.1) is 11.9 Å². The molecule has 0 aliphatic carbocycles. The van der Waals surface area contributed by atoms with E-state index in [4.69, 9.17) is 0 Å². The molecule has 0 spiro atoms. The second-order valence-electron chi connectivity index (χ2n) is 5.10. The Morgan fingerprint density at radius 3 is 2.75 bits per heavy atom. The van der Waals surface area contributed by atoms with Crippen LogP contribution in [0.15, 0.2) is 36.5 Å². The molecule has 1 aromatic carbocycles. The first-order chi connectivity index (χ1) is 9.75. The van der Waals surface area contributed by atoms with Crippen molar-refractivity contribution in [3.63, 3.8) is 0 Å². The lowest BCUT2D eigenvalue weighted by Crippen LogP contribution is -2.24. The van der Waals surface area contributed by atoms with Crippen molar-refractivity contribution in [3.8, 4) is 0 Å². The fourth-order valence-corrected chi connectivity index (χ4v) is 2.14. The third-order valence-corrected chi connectivity index (χ3v) is 3.30. The maximum absolute atomic E-state index is 3.91. The number of nitrogens with zero attached hydrogens (tertiary/aromatic N) is 4. The van der Waals surface area contributed by atoms with Gasteiger partial charge in [-0.2, -0.15) is 0 Å². The van der Waals surface area contributed by atoms with E-state index < -0.39 is 0 Å². The molecule has 0 fully saturated rings. The maximum atomic E-state index is 3.91. The molecule has 0 saturated carbocycles. The second kappa shape index (κ2) is 7.77. The molecule has 1 heterocycles. The van der Waals surface area contributed by atoms with Crippen LogP contribution < -0.4 is 5.32 Å². The Labute approximate surface area is 120 Å². The topological polar surface area (TPSA) is 46.0 Å². The molecule has 0 amide bonds. The number of rotatable bonds is 8. The van der Waals surface area contributed by atoms with Crippen LogP contribution in [0.1, 0.15) is 17.7 Å². The Bertz CT molecular complexity index is 494. The first-order valence-electron chi connectivity index (χ1n) is 7.02. The smallest absolute Gasteiger partial charge is 0.0738 e. The van der Waals surface area contributed by atoms with Crippen LogP contribution >= 0.6 is 0 Å². The van der Waals surface area contributed by atoms with Crippen molar-refractivity contribution in [1.82, 2.24) is 25.2 Å². The molecule has 0 aliphatic heterocycles. The average Bonchev–Trinajstić information content (AvgIpc) is 2.85. The van der Waals surface area contributed by atoms with Crippen molar-refractivity contribution in [3.05, 3.63) is 47.8 Å². The zero-order valence-electron chi connectivity index (χ0n) is 12.3. The standard InChI is InChI=1S/C15H23N5/c1-19(13-14-7-4-3-5-8-14)10-6-9-16-11-15-12-17-18-20(15)2/h3-5,7-8,12,16H,6,9-11,13H2,1-2H3. The number of hydrogen-bond donors (Lipinski definition) is 1. The second-order valence-corrected chi connectivity index (χ2v) is 5.10. The number of hydrogen-bond acceptors (Lipinski definition) is 4. The molecule has 0 radical (unpaired) electrons. The van der Waals surface area contributed by atoms with Crippen molar-refractivity contribution in [2.45, 2.75) is 19.5 Å². The van der Waals surface area contributed by atoms with E-state index in [0.29, 0.717) is 0 Å². The van der Waals surface area contributed by atoms with Gasteiger partial charge in [0.25, 0.3) is 0 Å². The number of aryl methyl sites for hydroxylation is 1. The van der Waals surface area contributed by atoms with Gasteiger partial charge in [-0.05, 0) is 32.1 Å². The molecule has 1 N–H and O–H groups in total. The fourth-order valence-electron chi connectivity index (χ4n) is 2.14. The molecule has 108 valence electrons. The highest BCUT2D eigenvalue weighted by Crippen LogP contribution is 2.02. The van der Waals surface area contributed by atoms with E-state index in [1.165, 1.54) is 5.56 Å². The van der Waals surface area contributed by atoms with Crippen molar-refractivity contribution >= 4 is 0 Å².